The van der Waals surface area contributed by atoms with E-state index in [1.54, 1.807) is 24.1 Å². The van der Waals surface area contributed by atoms with Gasteiger partial charge < -0.3 is 18.8 Å². The Labute approximate surface area is 170 Å². The smallest absolute Gasteiger partial charge is 0.310 e. The summed E-state index contributed by atoms with van der Waals surface area (Å²) in [6.45, 7) is 4.07. The molecule has 6 nitrogen and oxygen atoms in total. The van der Waals surface area contributed by atoms with Crippen LogP contribution in [0, 0.1) is 0 Å². The van der Waals surface area contributed by atoms with Gasteiger partial charge in [-0.1, -0.05) is 30.3 Å². The lowest BCUT2D eigenvalue weighted by Gasteiger charge is -2.26. The van der Waals surface area contributed by atoms with E-state index >= 15 is 0 Å². The number of carbonyl (C=O) groups excluding carboxylic acids is 2. The van der Waals surface area contributed by atoms with Crippen molar-refractivity contribution in [2.24, 2.45) is 0 Å². The van der Waals surface area contributed by atoms with Gasteiger partial charge in [-0.15, -0.1) is 0 Å². The lowest BCUT2D eigenvalue weighted by molar-refractivity contribution is -0.152. The molecule has 0 saturated heterocycles. The monoisotopic (exact) mass is 395 g/mol. The highest BCUT2D eigenvalue weighted by Gasteiger charge is 2.20. The van der Waals surface area contributed by atoms with Gasteiger partial charge in [-0.2, -0.15) is 0 Å². The predicted molar refractivity (Wildman–Crippen MR) is 110 cm³/mol. The number of amides is 1. The fraction of sp³-hybridized carbons (Fsp3) is 0.304. The van der Waals surface area contributed by atoms with Crippen molar-refractivity contribution in [2.45, 2.75) is 32.9 Å². The van der Waals surface area contributed by atoms with Gasteiger partial charge in [0.15, 0.2) is 6.61 Å². The Bertz CT molecular complexity index is 977. The number of esters is 1. The van der Waals surface area contributed by atoms with Crippen LogP contribution in [0.1, 0.15) is 25.0 Å². The van der Waals surface area contributed by atoms with E-state index in [-0.39, 0.29) is 25.0 Å². The summed E-state index contributed by atoms with van der Waals surface area (Å²) < 4.78 is 15.9. The number of carbonyl (C=O) groups is 2. The molecular weight excluding hydrogens is 370 g/mol. The topological polar surface area (TPSA) is 69.0 Å². The number of hydrogen-bond acceptors (Lipinski definition) is 5. The third kappa shape index (κ3) is 5.16. The largest absolute Gasteiger partial charge is 0.497 e. The Morgan fingerprint density at radius 1 is 1.10 bits per heavy atom. The maximum atomic E-state index is 12.6. The number of nitrogens with zero attached hydrogens (tertiary/aromatic N) is 1. The number of benzene rings is 2. The molecule has 0 bridgehead atoms. The van der Waals surface area contributed by atoms with Crippen LogP contribution in [0.3, 0.4) is 0 Å². The van der Waals surface area contributed by atoms with Crippen molar-refractivity contribution >= 4 is 22.8 Å². The van der Waals surface area contributed by atoms with Crippen molar-refractivity contribution < 1.29 is 23.5 Å². The van der Waals surface area contributed by atoms with Crippen LogP contribution in [0.25, 0.3) is 11.0 Å². The fourth-order valence-electron chi connectivity index (χ4n) is 3.10. The second kappa shape index (κ2) is 9.28. The third-order valence-corrected chi connectivity index (χ3v) is 4.69. The first-order valence-electron chi connectivity index (χ1n) is 9.51. The second-order valence-electron chi connectivity index (χ2n) is 7.06. The normalized spacial score (nSPS) is 10.9. The summed E-state index contributed by atoms with van der Waals surface area (Å²) >= 11 is 0. The molecule has 0 atom stereocenters. The SMILES string of the molecule is COc1ccc2c(CC(=O)OCC(=O)N(Cc3ccccc3)C(C)C)coc2c1. The molecule has 0 fully saturated rings. The van der Waals surface area contributed by atoms with Crippen LogP contribution >= 0.6 is 0 Å². The van der Waals surface area contributed by atoms with Crippen molar-refractivity contribution in [3.63, 3.8) is 0 Å². The highest BCUT2D eigenvalue weighted by Crippen LogP contribution is 2.26. The van der Waals surface area contributed by atoms with Crippen molar-refractivity contribution in [3.05, 3.63) is 65.9 Å². The van der Waals surface area contributed by atoms with Gasteiger partial charge in [0.2, 0.25) is 0 Å². The van der Waals surface area contributed by atoms with E-state index in [0.717, 1.165) is 10.9 Å². The van der Waals surface area contributed by atoms with E-state index in [0.29, 0.717) is 23.4 Å². The second-order valence-corrected chi connectivity index (χ2v) is 7.06. The standard InChI is InChI=1S/C23H25NO5/c1-16(2)24(13-17-7-5-4-6-8-17)22(25)15-29-23(26)11-18-14-28-21-12-19(27-3)9-10-20(18)21/h4-10,12,14,16H,11,13,15H2,1-3H3. The van der Waals surface area contributed by atoms with E-state index in [2.05, 4.69) is 0 Å². The van der Waals surface area contributed by atoms with Crippen LogP contribution in [-0.2, 0) is 27.3 Å². The van der Waals surface area contributed by atoms with Crippen molar-refractivity contribution in [3.8, 4) is 5.75 Å². The minimum atomic E-state index is -0.472. The number of hydrogen-bond donors (Lipinski definition) is 0. The van der Waals surface area contributed by atoms with Gasteiger partial charge in [0, 0.05) is 29.6 Å². The van der Waals surface area contributed by atoms with Gasteiger partial charge >= 0.3 is 5.97 Å². The van der Waals surface area contributed by atoms with Gasteiger partial charge in [-0.3, -0.25) is 9.59 Å². The average molecular weight is 395 g/mol. The number of rotatable bonds is 8. The molecule has 0 radical (unpaired) electrons. The zero-order valence-corrected chi connectivity index (χ0v) is 16.9. The molecule has 2 aromatic carbocycles. The maximum absolute atomic E-state index is 12.6. The van der Waals surface area contributed by atoms with Crippen molar-refractivity contribution in [1.82, 2.24) is 4.90 Å². The van der Waals surface area contributed by atoms with E-state index in [1.807, 2.05) is 50.2 Å². The molecule has 0 saturated carbocycles. The van der Waals surface area contributed by atoms with Crippen LogP contribution in [0.4, 0.5) is 0 Å². The maximum Gasteiger partial charge on any atom is 0.310 e. The highest BCUT2D eigenvalue weighted by atomic mass is 16.5. The summed E-state index contributed by atoms with van der Waals surface area (Å²) in [6.07, 6.45) is 1.57. The Morgan fingerprint density at radius 2 is 1.86 bits per heavy atom. The summed E-state index contributed by atoms with van der Waals surface area (Å²) in [5.74, 6) is -0.0157. The number of methoxy groups -OCH3 is 1. The average Bonchev–Trinajstić information content (AvgIpc) is 3.12. The molecule has 0 unspecified atom stereocenters. The van der Waals surface area contributed by atoms with Crippen LogP contribution in [-0.4, -0.2) is 36.5 Å². The zero-order valence-electron chi connectivity index (χ0n) is 16.9. The van der Waals surface area contributed by atoms with Gasteiger partial charge in [0.25, 0.3) is 5.91 Å². The Hall–Kier alpha value is -3.28. The molecule has 3 rings (SSSR count). The Kier molecular flexibility index (Phi) is 6.54. The van der Waals surface area contributed by atoms with Crippen LogP contribution in [0.2, 0.25) is 0 Å². The fourth-order valence-corrected chi connectivity index (χ4v) is 3.10. The van der Waals surface area contributed by atoms with Crippen LogP contribution in [0.5, 0.6) is 5.75 Å². The Balaban J connectivity index is 1.58. The molecule has 0 aliphatic rings. The summed E-state index contributed by atoms with van der Waals surface area (Å²) in [4.78, 5) is 26.6. The minimum absolute atomic E-state index is 0.00536. The van der Waals surface area contributed by atoms with E-state index < -0.39 is 5.97 Å². The molecule has 3 aromatic rings. The van der Waals surface area contributed by atoms with Crippen molar-refractivity contribution in [1.29, 1.82) is 0 Å². The highest BCUT2D eigenvalue weighted by molar-refractivity contribution is 5.87. The molecule has 0 spiro atoms. The molecule has 29 heavy (non-hydrogen) atoms. The molecule has 1 amide bonds. The van der Waals surface area contributed by atoms with Gasteiger partial charge in [0.05, 0.1) is 19.8 Å². The quantitative estimate of drug-likeness (QED) is 0.540. The Morgan fingerprint density at radius 3 is 2.55 bits per heavy atom. The summed E-state index contributed by atoms with van der Waals surface area (Å²) in [7, 11) is 1.58. The number of ether oxygens (including phenoxy) is 2. The van der Waals surface area contributed by atoms with Gasteiger partial charge in [-0.05, 0) is 31.5 Å². The minimum Gasteiger partial charge on any atom is -0.497 e. The summed E-state index contributed by atoms with van der Waals surface area (Å²) in [5, 5.41) is 0.821. The molecular formula is C23H25NO5. The van der Waals surface area contributed by atoms with Gasteiger partial charge in [0.1, 0.15) is 11.3 Å². The first-order valence-corrected chi connectivity index (χ1v) is 9.51. The lowest BCUT2D eigenvalue weighted by atomic mass is 10.1. The predicted octanol–water partition coefficient (Wildman–Crippen LogP) is 3.96. The molecule has 0 aliphatic heterocycles. The number of fused-ring (bicyclic) bond motifs is 1. The number of furan rings is 1. The van der Waals surface area contributed by atoms with E-state index in [1.165, 1.54) is 6.26 Å². The molecule has 152 valence electrons. The van der Waals surface area contributed by atoms with E-state index in [9.17, 15) is 9.59 Å². The van der Waals surface area contributed by atoms with Gasteiger partial charge in [-0.25, -0.2) is 0 Å². The molecule has 0 aliphatic carbocycles. The van der Waals surface area contributed by atoms with E-state index in [4.69, 9.17) is 13.9 Å². The first-order chi connectivity index (χ1) is 14.0. The third-order valence-electron chi connectivity index (χ3n) is 4.69. The summed E-state index contributed by atoms with van der Waals surface area (Å²) in [5.41, 5.74) is 2.38. The molecule has 6 heteroatoms. The molecule has 1 aromatic heterocycles. The van der Waals surface area contributed by atoms with Crippen LogP contribution in [0.15, 0.2) is 59.2 Å². The van der Waals surface area contributed by atoms with Crippen LogP contribution < -0.4 is 4.74 Å². The lowest BCUT2D eigenvalue weighted by Crippen LogP contribution is -2.39. The molecule has 1 heterocycles. The molecule has 0 N–H and O–H groups in total. The van der Waals surface area contributed by atoms with Crippen molar-refractivity contribution in [2.75, 3.05) is 13.7 Å². The zero-order chi connectivity index (χ0) is 20.8. The first kappa shape index (κ1) is 20.5. The summed E-state index contributed by atoms with van der Waals surface area (Å²) in [6, 6.07) is 15.1.